The number of hydrogen-bond acceptors (Lipinski definition) is 4. The van der Waals surface area contributed by atoms with Crippen LogP contribution < -0.4 is 0 Å². The first kappa shape index (κ1) is 16.5. The predicted octanol–water partition coefficient (Wildman–Crippen LogP) is 2.17. The second kappa shape index (κ2) is 7.75. The third kappa shape index (κ3) is 4.06. The van der Waals surface area contributed by atoms with Gasteiger partial charge in [0.15, 0.2) is 5.41 Å². The topological polar surface area (TPSA) is 52.6 Å². The van der Waals surface area contributed by atoms with E-state index < -0.39 is 17.4 Å². The Morgan fingerprint density at radius 1 is 1.17 bits per heavy atom. The molecule has 4 nitrogen and oxygen atoms in total. The normalized spacial score (nSPS) is 10.9. The Labute approximate surface area is 109 Å². The molecule has 102 valence electrons. The van der Waals surface area contributed by atoms with E-state index in [-0.39, 0.29) is 25.6 Å². The Hall–Kier alpha value is -1.50. The van der Waals surface area contributed by atoms with Crippen molar-refractivity contribution >= 4 is 11.9 Å². The minimum Gasteiger partial charge on any atom is -0.465 e. The summed E-state index contributed by atoms with van der Waals surface area (Å²) >= 11 is 0. The van der Waals surface area contributed by atoms with Crippen molar-refractivity contribution in [2.75, 3.05) is 13.2 Å². The van der Waals surface area contributed by atoms with Gasteiger partial charge in [-0.3, -0.25) is 9.59 Å². The molecule has 0 N–H and O–H groups in total. The molecule has 0 bridgehead atoms. The van der Waals surface area contributed by atoms with Crippen molar-refractivity contribution in [1.82, 2.24) is 0 Å². The van der Waals surface area contributed by atoms with Crippen molar-refractivity contribution < 1.29 is 19.1 Å². The minimum atomic E-state index is -1.37. The molecule has 0 saturated carbocycles. The van der Waals surface area contributed by atoms with Gasteiger partial charge in [0.25, 0.3) is 0 Å². The summed E-state index contributed by atoms with van der Waals surface area (Å²) in [6, 6.07) is 0. The highest BCUT2D eigenvalue weighted by Crippen LogP contribution is 2.33. The molecule has 0 saturated heterocycles. The largest absolute Gasteiger partial charge is 0.465 e. The highest BCUT2D eigenvalue weighted by atomic mass is 16.6. The van der Waals surface area contributed by atoms with Crippen molar-refractivity contribution in [1.29, 1.82) is 0 Å². The molecule has 0 aliphatic heterocycles. The number of hydrogen-bond donors (Lipinski definition) is 0. The fourth-order valence-electron chi connectivity index (χ4n) is 1.88. The Morgan fingerprint density at radius 3 is 1.89 bits per heavy atom. The van der Waals surface area contributed by atoms with Gasteiger partial charge < -0.3 is 9.47 Å². The van der Waals surface area contributed by atoms with Gasteiger partial charge in [0.2, 0.25) is 0 Å². The van der Waals surface area contributed by atoms with Crippen molar-refractivity contribution in [3.63, 3.8) is 0 Å². The van der Waals surface area contributed by atoms with Gasteiger partial charge in [-0.1, -0.05) is 13.8 Å². The Morgan fingerprint density at radius 2 is 1.61 bits per heavy atom. The van der Waals surface area contributed by atoms with Crippen LogP contribution in [0.3, 0.4) is 0 Å². The lowest BCUT2D eigenvalue weighted by Gasteiger charge is -2.28. The number of esters is 2. The molecule has 0 aliphatic rings. The first-order valence-electron chi connectivity index (χ1n) is 6.22. The molecular formula is C14H22O4. The van der Waals surface area contributed by atoms with Gasteiger partial charge in [-0.05, 0) is 26.2 Å². The van der Waals surface area contributed by atoms with Crippen LogP contribution in [0.1, 0.15) is 40.5 Å². The summed E-state index contributed by atoms with van der Waals surface area (Å²) in [5.41, 5.74) is -1.37. The Balaban J connectivity index is 5.34. The number of ether oxygens (including phenoxy) is 2. The van der Waals surface area contributed by atoms with Crippen molar-refractivity contribution in [2.45, 2.75) is 40.5 Å². The molecular weight excluding hydrogens is 232 g/mol. The maximum atomic E-state index is 12.1. The molecule has 0 aromatic rings. The molecule has 4 heteroatoms. The molecule has 0 rings (SSSR count). The second-order valence-corrected chi connectivity index (χ2v) is 4.50. The molecule has 18 heavy (non-hydrogen) atoms. The van der Waals surface area contributed by atoms with Gasteiger partial charge >= 0.3 is 11.9 Å². The fourth-order valence-corrected chi connectivity index (χ4v) is 1.88. The smallest absolute Gasteiger partial charge is 0.324 e. The second-order valence-electron chi connectivity index (χ2n) is 4.50. The molecule has 0 atom stereocenters. The Bertz CT molecular complexity index is 307. The van der Waals surface area contributed by atoms with Gasteiger partial charge in [-0.15, -0.1) is 12.3 Å². The summed E-state index contributed by atoms with van der Waals surface area (Å²) in [6.07, 6.45) is 5.62. The number of carbonyl (C=O) groups is 2. The highest BCUT2D eigenvalue weighted by Gasteiger charge is 2.48. The Kier molecular flexibility index (Phi) is 7.11. The quantitative estimate of drug-likeness (QED) is 0.397. The van der Waals surface area contributed by atoms with Crippen LogP contribution in [0.2, 0.25) is 0 Å². The molecule has 0 fully saturated rings. The van der Waals surface area contributed by atoms with Crippen molar-refractivity contribution in [3.8, 4) is 12.3 Å². The van der Waals surface area contributed by atoms with Crippen LogP contribution in [-0.2, 0) is 19.1 Å². The molecule has 0 aromatic heterocycles. The van der Waals surface area contributed by atoms with Crippen LogP contribution in [0.4, 0.5) is 0 Å². The van der Waals surface area contributed by atoms with E-state index in [4.69, 9.17) is 15.9 Å². The van der Waals surface area contributed by atoms with Crippen LogP contribution in [0.25, 0.3) is 0 Å². The van der Waals surface area contributed by atoms with Gasteiger partial charge in [0, 0.05) is 6.42 Å². The maximum Gasteiger partial charge on any atom is 0.324 e. The van der Waals surface area contributed by atoms with Crippen LogP contribution in [0, 0.1) is 23.7 Å². The SMILES string of the molecule is C#CCC(CC(C)C)(C(=O)OCC)C(=O)OCC. The lowest BCUT2D eigenvalue weighted by Crippen LogP contribution is -2.43. The maximum absolute atomic E-state index is 12.1. The third-order valence-electron chi connectivity index (χ3n) is 2.49. The highest BCUT2D eigenvalue weighted by molar-refractivity contribution is 6.00. The van der Waals surface area contributed by atoms with E-state index in [1.54, 1.807) is 13.8 Å². The van der Waals surface area contributed by atoms with E-state index in [1.165, 1.54) is 0 Å². The molecule has 0 aliphatic carbocycles. The third-order valence-corrected chi connectivity index (χ3v) is 2.49. The van der Waals surface area contributed by atoms with Crippen molar-refractivity contribution in [3.05, 3.63) is 0 Å². The number of terminal acetylenes is 1. The summed E-state index contributed by atoms with van der Waals surface area (Å²) in [5, 5.41) is 0. The molecule has 0 spiro atoms. The molecule has 0 heterocycles. The van der Waals surface area contributed by atoms with Crippen LogP contribution in [-0.4, -0.2) is 25.2 Å². The van der Waals surface area contributed by atoms with Gasteiger partial charge in [-0.2, -0.15) is 0 Å². The van der Waals surface area contributed by atoms with E-state index in [0.717, 1.165) is 0 Å². The lowest BCUT2D eigenvalue weighted by atomic mass is 9.77. The predicted molar refractivity (Wildman–Crippen MR) is 68.6 cm³/mol. The molecule has 0 amide bonds. The van der Waals surface area contributed by atoms with Gasteiger partial charge in [0.05, 0.1) is 13.2 Å². The average Bonchev–Trinajstić information content (AvgIpc) is 2.28. The zero-order chi connectivity index (χ0) is 14.2. The first-order chi connectivity index (χ1) is 8.44. The molecule has 0 aromatic carbocycles. The van der Waals surface area contributed by atoms with Crippen LogP contribution in [0.5, 0.6) is 0 Å². The summed E-state index contributed by atoms with van der Waals surface area (Å²) in [4.78, 5) is 24.2. The number of rotatable bonds is 7. The molecule has 0 unspecified atom stereocenters. The summed E-state index contributed by atoms with van der Waals surface area (Å²) in [5.74, 6) is 1.35. The standard InChI is InChI=1S/C14H22O4/c1-6-9-14(10-11(4)5,12(15)17-7-2)13(16)18-8-3/h1,11H,7-10H2,2-5H3. The number of carbonyl (C=O) groups excluding carboxylic acids is 2. The van der Waals surface area contributed by atoms with Crippen LogP contribution >= 0.6 is 0 Å². The van der Waals surface area contributed by atoms with E-state index in [2.05, 4.69) is 5.92 Å². The van der Waals surface area contributed by atoms with Gasteiger partial charge in [-0.25, -0.2) is 0 Å². The average molecular weight is 254 g/mol. The summed E-state index contributed by atoms with van der Waals surface area (Å²) in [6.45, 7) is 7.65. The lowest BCUT2D eigenvalue weighted by molar-refractivity contribution is -0.173. The summed E-state index contributed by atoms with van der Waals surface area (Å²) < 4.78 is 9.99. The van der Waals surface area contributed by atoms with E-state index in [9.17, 15) is 9.59 Å². The molecule has 0 radical (unpaired) electrons. The minimum absolute atomic E-state index is 0.00282. The first-order valence-corrected chi connectivity index (χ1v) is 6.22. The van der Waals surface area contributed by atoms with E-state index in [1.807, 2.05) is 13.8 Å². The van der Waals surface area contributed by atoms with Gasteiger partial charge in [0.1, 0.15) is 0 Å². The van der Waals surface area contributed by atoms with E-state index >= 15 is 0 Å². The zero-order valence-electron chi connectivity index (χ0n) is 11.6. The monoisotopic (exact) mass is 254 g/mol. The van der Waals surface area contributed by atoms with E-state index in [0.29, 0.717) is 6.42 Å². The fraction of sp³-hybridized carbons (Fsp3) is 0.714. The van der Waals surface area contributed by atoms with Crippen molar-refractivity contribution in [2.24, 2.45) is 11.3 Å². The van der Waals surface area contributed by atoms with Crippen LogP contribution in [0.15, 0.2) is 0 Å². The summed E-state index contributed by atoms with van der Waals surface area (Å²) in [7, 11) is 0. The zero-order valence-corrected chi connectivity index (χ0v) is 11.6.